The third-order valence-corrected chi connectivity index (χ3v) is 7.06. The molecule has 0 aliphatic carbocycles. The highest BCUT2D eigenvalue weighted by atomic mass is 32.2. The van der Waals surface area contributed by atoms with Gasteiger partial charge in [-0.2, -0.15) is 0 Å². The molecule has 3 rings (SSSR count). The Balaban J connectivity index is 1.40. The number of likely N-dealkylation sites (tertiary alicyclic amines) is 1. The Labute approximate surface area is 151 Å². The molecule has 1 N–H and O–H groups in total. The maximum atomic E-state index is 13.1. The first-order valence-corrected chi connectivity index (χ1v) is 10.6. The molecule has 8 heteroatoms. The SMILES string of the molecule is O=S(=O)(NC1CCN(CCOc2cccc(F)c2)CC1)c1cccs1. The van der Waals surface area contributed by atoms with Crippen LogP contribution < -0.4 is 9.46 Å². The number of ether oxygens (including phenoxy) is 1. The Kier molecular flexibility index (Phi) is 6.06. The van der Waals surface area contributed by atoms with E-state index in [1.807, 2.05) is 0 Å². The van der Waals surface area contributed by atoms with E-state index in [4.69, 9.17) is 4.74 Å². The fraction of sp³-hybridized carbons (Fsp3) is 0.412. The minimum absolute atomic E-state index is 0.0347. The Hall–Kier alpha value is -1.48. The van der Waals surface area contributed by atoms with Gasteiger partial charge in [0.15, 0.2) is 0 Å². The van der Waals surface area contributed by atoms with Gasteiger partial charge in [-0.05, 0) is 49.5 Å². The van der Waals surface area contributed by atoms with E-state index >= 15 is 0 Å². The predicted octanol–water partition coefficient (Wildman–Crippen LogP) is 2.71. The van der Waals surface area contributed by atoms with Gasteiger partial charge in [0.1, 0.15) is 22.4 Å². The van der Waals surface area contributed by atoms with Crippen LogP contribution >= 0.6 is 11.3 Å². The van der Waals surface area contributed by atoms with Crippen molar-refractivity contribution >= 4 is 21.4 Å². The first-order chi connectivity index (χ1) is 12.0. The molecule has 1 saturated heterocycles. The van der Waals surface area contributed by atoms with Gasteiger partial charge in [0, 0.05) is 18.7 Å². The molecule has 0 amide bonds. The van der Waals surface area contributed by atoms with E-state index in [1.165, 1.54) is 23.5 Å². The van der Waals surface area contributed by atoms with Gasteiger partial charge >= 0.3 is 0 Å². The molecule has 0 bridgehead atoms. The second kappa shape index (κ2) is 8.27. The van der Waals surface area contributed by atoms with E-state index in [-0.39, 0.29) is 11.9 Å². The highest BCUT2D eigenvalue weighted by Crippen LogP contribution is 2.19. The van der Waals surface area contributed by atoms with Gasteiger partial charge in [0.25, 0.3) is 0 Å². The number of halogens is 1. The van der Waals surface area contributed by atoms with Crippen LogP contribution in [0.4, 0.5) is 4.39 Å². The number of hydrogen-bond donors (Lipinski definition) is 1. The molecule has 2 heterocycles. The molecule has 25 heavy (non-hydrogen) atoms. The quantitative estimate of drug-likeness (QED) is 0.797. The maximum absolute atomic E-state index is 13.1. The zero-order valence-electron chi connectivity index (χ0n) is 13.7. The highest BCUT2D eigenvalue weighted by Gasteiger charge is 2.25. The van der Waals surface area contributed by atoms with E-state index in [0.717, 1.165) is 32.5 Å². The van der Waals surface area contributed by atoms with Crippen LogP contribution in [0, 0.1) is 5.82 Å². The molecule has 0 spiro atoms. The molecular weight excluding hydrogens is 363 g/mol. The van der Waals surface area contributed by atoms with Crippen molar-refractivity contribution in [2.24, 2.45) is 0 Å². The topological polar surface area (TPSA) is 58.6 Å². The Morgan fingerprint density at radius 2 is 2.04 bits per heavy atom. The fourth-order valence-electron chi connectivity index (χ4n) is 2.82. The Morgan fingerprint density at radius 3 is 2.72 bits per heavy atom. The molecule has 1 aromatic carbocycles. The van der Waals surface area contributed by atoms with Crippen LogP contribution in [0.2, 0.25) is 0 Å². The van der Waals surface area contributed by atoms with Crippen molar-refractivity contribution in [1.29, 1.82) is 0 Å². The number of nitrogens with zero attached hydrogens (tertiary/aromatic N) is 1. The van der Waals surface area contributed by atoms with Gasteiger partial charge in [-0.25, -0.2) is 17.5 Å². The summed E-state index contributed by atoms with van der Waals surface area (Å²) in [5.74, 6) is 0.218. The van der Waals surface area contributed by atoms with E-state index in [1.54, 1.807) is 29.6 Å². The van der Waals surface area contributed by atoms with Crippen molar-refractivity contribution in [3.8, 4) is 5.75 Å². The van der Waals surface area contributed by atoms with Crippen LogP contribution in [0.25, 0.3) is 0 Å². The van der Waals surface area contributed by atoms with Crippen molar-refractivity contribution in [2.75, 3.05) is 26.2 Å². The summed E-state index contributed by atoms with van der Waals surface area (Å²) in [5, 5.41) is 1.76. The van der Waals surface area contributed by atoms with Crippen LogP contribution in [0.3, 0.4) is 0 Å². The van der Waals surface area contributed by atoms with Gasteiger partial charge in [0.2, 0.25) is 10.0 Å². The molecule has 0 saturated carbocycles. The van der Waals surface area contributed by atoms with Crippen molar-refractivity contribution in [2.45, 2.75) is 23.1 Å². The number of thiophene rings is 1. The largest absolute Gasteiger partial charge is 0.492 e. The molecule has 2 aromatic rings. The number of sulfonamides is 1. The summed E-state index contributed by atoms with van der Waals surface area (Å²) >= 11 is 1.22. The zero-order valence-corrected chi connectivity index (χ0v) is 15.4. The lowest BCUT2D eigenvalue weighted by molar-refractivity contribution is 0.170. The number of hydrogen-bond acceptors (Lipinski definition) is 5. The molecule has 0 unspecified atom stereocenters. The van der Waals surface area contributed by atoms with Gasteiger partial charge in [-0.1, -0.05) is 12.1 Å². The van der Waals surface area contributed by atoms with Gasteiger partial charge in [-0.15, -0.1) is 11.3 Å². The van der Waals surface area contributed by atoms with Crippen molar-refractivity contribution < 1.29 is 17.5 Å². The van der Waals surface area contributed by atoms with Gasteiger partial charge in [0.05, 0.1) is 0 Å². The summed E-state index contributed by atoms with van der Waals surface area (Å²) in [6, 6.07) is 9.42. The number of benzene rings is 1. The van der Waals surface area contributed by atoms with E-state index < -0.39 is 10.0 Å². The summed E-state index contributed by atoms with van der Waals surface area (Å²) in [7, 11) is -3.40. The number of piperidine rings is 1. The Morgan fingerprint density at radius 1 is 1.24 bits per heavy atom. The van der Waals surface area contributed by atoms with Gasteiger partial charge < -0.3 is 4.74 Å². The van der Waals surface area contributed by atoms with Crippen LogP contribution in [0.1, 0.15) is 12.8 Å². The average molecular weight is 384 g/mol. The Bertz CT molecular complexity index is 773. The standard InChI is InChI=1S/C17H21FN2O3S2/c18-14-3-1-4-16(13-14)23-11-10-20-8-6-15(7-9-20)19-25(21,22)17-5-2-12-24-17/h1-5,12-13,15,19H,6-11H2. The van der Waals surface area contributed by atoms with Gasteiger partial charge in [-0.3, -0.25) is 4.90 Å². The van der Waals surface area contributed by atoms with Crippen molar-refractivity contribution in [1.82, 2.24) is 9.62 Å². The zero-order chi connectivity index (χ0) is 17.7. The summed E-state index contributed by atoms with van der Waals surface area (Å²) in [4.78, 5) is 2.23. The summed E-state index contributed by atoms with van der Waals surface area (Å²) in [5.41, 5.74) is 0. The molecule has 1 aromatic heterocycles. The monoisotopic (exact) mass is 384 g/mol. The number of nitrogens with one attached hydrogen (secondary N) is 1. The molecular formula is C17H21FN2O3S2. The van der Waals surface area contributed by atoms with Crippen LogP contribution in [-0.4, -0.2) is 45.6 Å². The van der Waals surface area contributed by atoms with E-state index in [0.29, 0.717) is 16.6 Å². The van der Waals surface area contributed by atoms with Crippen LogP contribution in [-0.2, 0) is 10.0 Å². The second-order valence-electron chi connectivity index (χ2n) is 5.98. The fourth-order valence-corrected chi connectivity index (χ4v) is 5.13. The normalized spacial score (nSPS) is 16.8. The van der Waals surface area contributed by atoms with E-state index in [9.17, 15) is 12.8 Å². The third kappa shape index (κ3) is 5.24. The lowest BCUT2D eigenvalue weighted by Gasteiger charge is -2.31. The maximum Gasteiger partial charge on any atom is 0.250 e. The average Bonchev–Trinajstić information content (AvgIpc) is 3.12. The summed E-state index contributed by atoms with van der Waals surface area (Å²) in [6.45, 7) is 2.84. The highest BCUT2D eigenvalue weighted by molar-refractivity contribution is 7.91. The van der Waals surface area contributed by atoms with Crippen molar-refractivity contribution in [3.63, 3.8) is 0 Å². The van der Waals surface area contributed by atoms with Crippen LogP contribution in [0.5, 0.6) is 5.75 Å². The first kappa shape index (κ1) is 18.3. The molecule has 5 nitrogen and oxygen atoms in total. The molecule has 1 aliphatic heterocycles. The molecule has 1 aliphatic rings. The molecule has 0 atom stereocenters. The number of rotatable bonds is 7. The summed E-state index contributed by atoms with van der Waals surface area (Å²) < 4.78 is 46.3. The minimum atomic E-state index is -3.40. The van der Waals surface area contributed by atoms with Crippen molar-refractivity contribution in [3.05, 3.63) is 47.6 Å². The lowest BCUT2D eigenvalue weighted by Crippen LogP contribution is -2.45. The van der Waals surface area contributed by atoms with Crippen LogP contribution in [0.15, 0.2) is 46.0 Å². The minimum Gasteiger partial charge on any atom is -0.492 e. The molecule has 1 fully saturated rings. The van der Waals surface area contributed by atoms with E-state index in [2.05, 4.69) is 9.62 Å². The smallest absolute Gasteiger partial charge is 0.250 e. The second-order valence-corrected chi connectivity index (χ2v) is 8.86. The predicted molar refractivity (Wildman–Crippen MR) is 96.0 cm³/mol. The molecule has 136 valence electrons. The summed E-state index contributed by atoms with van der Waals surface area (Å²) in [6.07, 6.45) is 1.54. The first-order valence-electron chi connectivity index (χ1n) is 8.19. The lowest BCUT2D eigenvalue weighted by atomic mass is 10.1. The third-order valence-electron chi connectivity index (χ3n) is 4.14. The molecule has 0 radical (unpaired) electrons.